The summed E-state index contributed by atoms with van der Waals surface area (Å²) >= 11 is 0. The van der Waals surface area contributed by atoms with Crippen LogP contribution in [0.2, 0.25) is 0 Å². The number of benzene rings is 4. The van der Waals surface area contributed by atoms with E-state index < -0.39 is 0 Å². The molecule has 3 nitrogen and oxygen atoms in total. The van der Waals surface area contributed by atoms with Crippen LogP contribution >= 0.6 is 0 Å². The van der Waals surface area contributed by atoms with Gasteiger partial charge in [-0.2, -0.15) is 0 Å². The number of rotatable bonds is 5. The van der Waals surface area contributed by atoms with Crippen molar-refractivity contribution in [3.63, 3.8) is 0 Å². The molecule has 0 bridgehead atoms. The van der Waals surface area contributed by atoms with E-state index in [1.165, 1.54) is 39.4 Å². The van der Waals surface area contributed by atoms with E-state index in [1.54, 1.807) is 0 Å². The van der Waals surface area contributed by atoms with Gasteiger partial charge in [0.15, 0.2) is 11.5 Å². The zero-order valence-electron chi connectivity index (χ0n) is 21.4. The molecule has 0 radical (unpaired) electrons. The third-order valence-corrected chi connectivity index (χ3v) is 7.36. The van der Waals surface area contributed by atoms with Gasteiger partial charge in [0.2, 0.25) is 0 Å². The van der Waals surface area contributed by atoms with Crippen molar-refractivity contribution < 1.29 is 0 Å². The lowest BCUT2D eigenvalue weighted by molar-refractivity contribution is 0.524. The second-order valence-electron chi connectivity index (χ2n) is 10.4. The van der Waals surface area contributed by atoms with Crippen molar-refractivity contribution in [1.82, 2.24) is 14.6 Å². The monoisotopic (exact) mass is 469 g/mol. The summed E-state index contributed by atoms with van der Waals surface area (Å²) in [5.74, 6) is 2.11. The Hall–Kier alpha value is -3.98. The maximum atomic E-state index is 4.72. The van der Waals surface area contributed by atoms with Crippen LogP contribution in [0.1, 0.15) is 44.2 Å². The molecule has 1 unspecified atom stereocenters. The number of aryl methyl sites for hydroxylation is 1. The van der Waals surface area contributed by atoms with Crippen molar-refractivity contribution in [1.29, 1.82) is 0 Å². The van der Waals surface area contributed by atoms with Gasteiger partial charge in [-0.1, -0.05) is 99.6 Å². The molecule has 0 spiro atoms. The molecule has 2 aromatic heterocycles. The molecule has 0 aliphatic carbocycles. The van der Waals surface area contributed by atoms with Crippen LogP contribution in [0.4, 0.5) is 0 Å². The van der Waals surface area contributed by atoms with Crippen LogP contribution in [-0.2, 0) is 0 Å². The van der Waals surface area contributed by atoms with Crippen LogP contribution in [0.25, 0.3) is 49.8 Å². The standard InChI is InChI=1S/C33H31N3/c1-21(2)19-23(4)24-13-15-26(16-14-24)32-34-35-33-31-22(3)9-8-12-28(31)29-20-27(17-18-30(29)36(32)33)25-10-6-5-7-11-25/h5-18,20-21,23H,19H2,1-4H3. The Balaban J connectivity index is 1.59. The fourth-order valence-corrected chi connectivity index (χ4v) is 5.61. The Morgan fingerprint density at radius 1 is 0.694 bits per heavy atom. The molecule has 1 atom stereocenters. The minimum Gasteiger partial charge on any atom is -0.274 e. The van der Waals surface area contributed by atoms with E-state index in [9.17, 15) is 0 Å². The summed E-state index contributed by atoms with van der Waals surface area (Å²) in [6.07, 6.45) is 1.19. The number of aromatic nitrogens is 3. The van der Waals surface area contributed by atoms with Crippen LogP contribution in [0.5, 0.6) is 0 Å². The van der Waals surface area contributed by atoms with Gasteiger partial charge in [-0.15, -0.1) is 10.2 Å². The fraction of sp³-hybridized carbons (Fsp3) is 0.212. The van der Waals surface area contributed by atoms with E-state index in [1.807, 2.05) is 0 Å². The summed E-state index contributed by atoms with van der Waals surface area (Å²) in [5.41, 5.74) is 8.14. The van der Waals surface area contributed by atoms with Gasteiger partial charge < -0.3 is 0 Å². The van der Waals surface area contributed by atoms with Gasteiger partial charge in [-0.05, 0) is 65.0 Å². The van der Waals surface area contributed by atoms with Crippen molar-refractivity contribution in [3.05, 3.63) is 102 Å². The number of hydrogen-bond acceptors (Lipinski definition) is 2. The largest absolute Gasteiger partial charge is 0.274 e. The fourth-order valence-electron chi connectivity index (χ4n) is 5.61. The highest BCUT2D eigenvalue weighted by atomic mass is 15.2. The Bertz CT molecular complexity index is 1690. The average molecular weight is 470 g/mol. The summed E-state index contributed by atoms with van der Waals surface area (Å²) in [7, 11) is 0. The van der Waals surface area contributed by atoms with Gasteiger partial charge in [-0.3, -0.25) is 4.40 Å². The zero-order chi connectivity index (χ0) is 24.8. The van der Waals surface area contributed by atoms with Gasteiger partial charge in [0.1, 0.15) is 0 Å². The smallest absolute Gasteiger partial charge is 0.169 e. The maximum Gasteiger partial charge on any atom is 0.169 e. The second kappa shape index (κ2) is 8.91. The van der Waals surface area contributed by atoms with E-state index in [-0.39, 0.29) is 0 Å². The van der Waals surface area contributed by atoms with Gasteiger partial charge in [0.25, 0.3) is 0 Å². The molecule has 0 saturated heterocycles. The molecular formula is C33H31N3. The highest BCUT2D eigenvalue weighted by Gasteiger charge is 2.18. The summed E-state index contributed by atoms with van der Waals surface area (Å²) in [6, 6.07) is 32.7. The molecular weight excluding hydrogens is 438 g/mol. The molecule has 0 aliphatic rings. The predicted molar refractivity (Wildman–Crippen MR) is 151 cm³/mol. The summed E-state index contributed by atoms with van der Waals surface area (Å²) < 4.78 is 2.24. The first-order valence-electron chi connectivity index (χ1n) is 12.9. The molecule has 0 N–H and O–H groups in total. The molecule has 0 aliphatic heterocycles. The highest BCUT2D eigenvalue weighted by molar-refractivity contribution is 6.14. The lowest BCUT2D eigenvalue weighted by atomic mass is 9.91. The van der Waals surface area contributed by atoms with Crippen molar-refractivity contribution in [2.45, 2.75) is 40.0 Å². The van der Waals surface area contributed by atoms with Crippen molar-refractivity contribution in [2.24, 2.45) is 5.92 Å². The predicted octanol–water partition coefficient (Wildman–Crippen LogP) is 8.83. The number of nitrogens with zero attached hydrogens (tertiary/aromatic N) is 3. The maximum absolute atomic E-state index is 4.72. The van der Waals surface area contributed by atoms with Gasteiger partial charge in [0, 0.05) is 16.3 Å². The first kappa shape index (κ1) is 22.5. The normalized spacial score (nSPS) is 12.7. The van der Waals surface area contributed by atoms with E-state index in [4.69, 9.17) is 10.2 Å². The first-order chi connectivity index (χ1) is 17.5. The minimum absolute atomic E-state index is 0.540. The Labute approximate surface area is 212 Å². The van der Waals surface area contributed by atoms with Crippen LogP contribution in [0.15, 0.2) is 91.0 Å². The van der Waals surface area contributed by atoms with Gasteiger partial charge in [0.05, 0.1) is 5.52 Å². The second-order valence-corrected chi connectivity index (χ2v) is 10.4. The van der Waals surface area contributed by atoms with Crippen LogP contribution in [0.3, 0.4) is 0 Å². The van der Waals surface area contributed by atoms with Crippen LogP contribution in [-0.4, -0.2) is 14.6 Å². The quantitative estimate of drug-likeness (QED) is 0.236. The third kappa shape index (κ3) is 3.76. The topological polar surface area (TPSA) is 30.2 Å². The lowest BCUT2D eigenvalue weighted by Crippen LogP contribution is -1.99. The Morgan fingerprint density at radius 3 is 2.19 bits per heavy atom. The molecule has 0 amide bonds. The summed E-state index contributed by atoms with van der Waals surface area (Å²) in [6.45, 7) is 9.05. The molecule has 6 aromatic rings. The number of pyridine rings is 1. The highest BCUT2D eigenvalue weighted by Crippen LogP contribution is 2.36. The SMILES string of the molecule is Cc1cccc2c3cc(-c4ccccc4)ccc3n3c(-c4ccc(C(C)CC(C)C)cc4)nnc3c12. The summed E-state index contributed by atoms with van der Waals surface area (Å²) in [5, 5.41) is 13.0. The van der Waals surface area contributed by atoms with Gasteiger partial charge >= 0.3 is 0 Å². The Kier molecular flexibility index (Phi) is 5.56. The summed E-state index contributed by atoms with van der Waals surface area (Å²) in [4.78, 5) is 0. The lowest BCUT2D eigenvalue weighted by Gasteiger charge is -2.15. The molecule has 4 aromatic carbocycles. The average Bonchev–Trinajstić information content (AvgIpc) is 3.34. The molecule has 6 rings (SSSR count). The van der Waals surface area contributed by atoms with E-state index in [2.05, 4.69) is 123 Å². The Morgan fingerprint density at radius 2 is 1.44 bits per heavy atom. The number of fused-ring (bicyclic) bond motifs is 6. The molecule has 2 heterocycles. The molecule has 0 saturated carbocycles. The molecule has 178 valence electrons. The van der Waals surface area contributed by atoms with Crippen molar-refractivity contribution >= 4 is 27.3 Å². The van der Waals surface area contributed by atoms with Crippen LogP contribution < -0.4 is 0 Å². The molecule has 36 heavy (non-hydrogen) atoms. The van der Waals surface area contributed by atoms with Crippen LogP contribution in [0, 0.1) is 12.8 Å². The third-order valence-electron chi connectivity index (χ3n) is 7.36. The molecule has 3 heteroatoms. The van der Waals surface area contributed by atoms with Gasteiger partial charge in [-0.25, -0.2) is 0 Å². The minimum atomic E-state index is 0.540. The zero-order valence-corrected chi connectivity index (χ0v) is 21.4. The van der Waals surface area contributed by atoms with E-state index in [0.29, 0.717) is 11.8 Å². The molecule has 0 fully saturated rings. The van der Waals surface area contributed by atoms with E-state index >= 15 is 0 Å². The first-order valence-corrected chi connectivity index (χ1v) is 12.9. The number of hydrogen-bond donors (Lipinski definition) is 0. The van der Waals surface area contributed by atoms with Crippen molar-refractivity contribution in [2.75, 3.05) is 0 Å². The van der Waals surface area contributed by atoms with Crippen molar-refractivity contribution in [3.8, 4) is 22.5 Å². The van der Waals surface area contributed by atoms with E-state index in [0.717, 1.165) is 27.9 Å².